The highest BCUT2D eigenvalue weighted by atomic mass is 35.5. The average Bonchev–Trinajstić information content (AvgIpc) is 2.74. The number of para-hydroxylation sites is 1. The van der Waals surface area contributed by atoms with E-state index in [4.69, 9.17) is 27.9 Å². The summed E-state index contributed by atoms with van der Waals surface area (Å²) < 4.78 is 18.7. The number of benzene rings is 3. The number of ether oxygens (including phenoxy) is 1. The number of hydrogen-bond donors (Lipinski definition) is 1. The molecule has 156 valence electrons. The lowest BCUT2D eigenvalue weighted by Crippen LogP contribution is -2.14. The van der Waals surface area contributed by atoms with Gasteiger partial charge in [0.15, 0.2) is 5.75 Å². The van der Waals surface area contributed by atoms with Crippen molar-refractivity contribution in [2.45, 2.75) is 13.5 Å². The van der Waals surface area contributed by atoms with Crippen molar-refractivity contribution in [3.8, 4) is 11.8 Å². The van der Waals surface area contributed by atoms with Gasteiger partial charge in [-0.1, -0.05) is 53.5 Å². The zero-order valence-corrected chi connectivity index (χ0v) is 18.0. The largest absolute Gasteiger partial charge is 0.486 e. The Morgan fingerprint density at radius 2 is 1.77 bits per heavy atom. The van der Waals surface area contributed by atoms with Crippen LogP contribution in [0.3, 0.4) is 0 Å². The standard InChI is InChI=1S/C24H17Cl2FN2O2/c1-15-4-2-3-5-22(15)29-24(30)18(13-28)10-17-11-20(25)23(21(26)12-17)31-14-16-6-8-19(27)9-7-16/h2-12H,14H2,1H3,(H,29,30)/b18-10-. The van der Waals surface area contributed by atoms with Gasteiger partial charge in [-0.2, -0.15) is 5.26 Å². The Kier molecular flexibility index (Phi) is 7.30. The smallest absolute Gasteiger partial charge is 0.266 e. The van der Waals surface area contributed by atoms with Gasteiger partial charge in [0.05, 0.1) is 10.0 Å². The third-order valence-electron chi connectivity index (χ3n) is 4.39. The van der Waals surface area contributed by atoms with Gasteiger partial charge in [-0.05, 0) is 60.0 Å². The predicted octanol–water partition coefficient (Wildman–Crippen LogP) is 6.57. The minimum Gasteiger partial charge on any atom is -0.486 e. The van der Waals surface area contributed by atoms with Crippen molar-refractivity contribution in [1.29, 1.82) is 5.26 Å². The summed E-state index contributed by atoms with van der Waals surface area (Å²) in [6, 6.07) is 18.1. The van der Waals surface area contributed by atoms with Crippen LogP contribution in [-0.2, 0) is 11.4 Å². The molecule has 0 unspecified atom stereocenters. The molecule has 4 nitrogen and oxygen atoms in total. The highest BCUT2D eigenvalue weighted by Crippen LogP contribution is 2.35. The molecule has 1 amide bonds. The first kappa shape index (κ1) is 22.4. The third kappa shape index (κ3) is 5.85. The van der Waals surface area contributed by atoms with E-state index in [-0.39, 0.29) is 33.8 Å². The summed E-state index contributed by atoms with van der Waals surface area (Å²) >= 11 is 12.6. The molecule has 3 aromatic carbocycles. The van der Waals surface area contributed by atoms with E-state index in [1.54, 1.807) is 36.4 Å². The van der Waals surface area contributed by atoms with E-state index in [2.05, 4.69) is 5.32 Å². The molecule has 7 heteroatoms. The molecule has 0 aliphatic carbocycles. The number of carbonyl (C=O) groups is 1. The minimum absolute atomic E-state index is 0.102. The van der Waals surface area contributed by atoms with E-state index in [1.165, 1.54) is 18.2 Å². The van der Waals surface area contributed by atoms with Crippen LogP contribution in [0.5, 0.6) is 5.75 Å². The molecule has 0 radical (unpaired) electrons. The van der Waals surface area contributed by atoms with Crippen molar-refractivity contribution in [1.82, 2.24) is 0 Å². The summed E-state index contributed by atoms with van der Waals surface area (Å²) in [7, 11) is 0. The average molecular weight is 455 g/mol. The monoisotopic (exact) mass is 454 g/mol. The van der Waals surface area contributed by atoms with Crippen molar-refractivity contribution in [3.05, 3.63) is 98.8 Å². The van der Waals surface area contributed by atoms with Crippen LogP contribution in [0.15, 0.2) is 66.2 Å². The molecular weight excluding hydrogens is 438 g/mol. The first-order valence-corrected chi connectivity index (χ1v) is 9.98. The van der Waals surface area contributed by atoms with E-state index >= 15 is 0 Å². The zero-order chi connectivity index (χ0) is 22.4. The molecule has 0 atom stereocenters. The second-order valence-corrected chi connectivity index (χ2v) is 7.48. The highest BCUT2D eigenvalue weighted by molar-refractivity contribution is 6.37. The van der Waals surface area contributed by atoms with Gasteiger partial charge in [0.1, 0.15) is 24.1 Å². The number of nitriles is 1. The second kappa shape index (κ2) is 10.1. The van der Waals surface area contributed by atoms with Gasteiger partial charge in [-0.15, -0.1) is 0 Å². The number of hydrogen-bond acceptors (Lipinski definition) is 3. The molecule has 0 saturated carbocycles. The van der Waals surface area contributed by atoms with Crippen molar-refractivity contribution in [2.24, 2.45) is 0 Å². The summed E-state index contributed by atoms with van der Waals surface area (Å²) in [5.74, 6) is -0.621. The van der Waals surface area contributed by atoms with Crippen LogP contribution in [0, 0.1) is 24.1 Å². The number of nitrogens with zero attached hydrogens (tertiary/aromatic N) is 1. The Morgan fingerprint density at radius 3 is 2.39 bits per heavy atom. The van der Waals surface area contributed by atoms with Gasteiger partial charge in [0.2, 0.25) is 0 Å². The summed E-state index contributed by atoms with van der Waals surface area (Å²) in [5, 5.41) is 12.6. The Bertz CT molecular complexity index is 1160. The van der Waals surface area contributed by atoms with E-state index < -0.39 is 5.91 Å². The summed E-state index contributed by atoms with van der Waals surface area (Å²) in [5.41, 5.74) is 2.62. The molecule has 0 aromatic heterocycles. The van der Waals surface area contributed by atoms with Crippen molar-refractivity contribution >= 4 is 40.9 Å². The predicted molar refractivity (Wildman–Crippen MR) is 121 cm³/mol. The molecule has 0 spiro atoms. The molecule has 3 rings (SSSR count). The van der Waals surface area contributed by atoms with Crippen LogP contribution < -0.4 is 10.1 Å². The van der Waals surface area contributed by atoms with Crippen LogP contribution in [0.25, 0.3) is 6.08 Å². The quantitative estimate of drug-likeness (QED) is 0.338. The maximum Gasteiger partial charge on any atom is 0.266 e. The van der Waals surface area contributed by atoms with E-state index in [0.29, 0.717) is 11.3 Å². The molecular formula is C24H17Cl2FN2O2. The second-order valence-electron chi connectivity index (χ2n) is 6.67. The first-order chi connectivity index (χ1) is 14.9. The maximum atomic E-state index is 13.0. The Hall–Kier alpha value is -3.33. The van der Waals surface area contributed by atoms with Gasteiger partial charge in [-0.3, -0.25) is 4.79 Å². The molecule has 0 bridgehead atoms. The summed E-state index contributed by atoms with van der Waals surface area (Å²) in [4.78, 5) is 12.5. The fourth-order valence-corrected chi connectivity index (χ4v) is 3.37. The van der Waals surface area contributed by atoms with Crippen LogP contribution in [0.2, 0.25) is 10.0 Å². The number of rotatable bonds is 6. The lowest BCUT2D eigenvalue weighted by molar-refractivity contribution is -0.112. The molecule has 0 aliphatic heterocycles. The summed E-state index contributed by atoms with van der Waals surface area (Å²) in [6.07, 6.45) is 1.40. The van der Waals surface area contributed by atoms with E-state index in [0.717, 1.165) is 11.1 Å². The maximum absolute atomic E-state index is 13.0. The Balaban J connectivity index is 1.78. The van der Waals surface area contributed by atoms with Crippen LogP contribution in [0.4, 0.5) is 10.1 Å². The number of aryl methyl sites for hydroxylation is 1. The van der Waals surface area contributed by atoms with Gasteiger partial charge in [-0.25, -0.2) is 4.39 Å². The van der Waals surface area contributed by atoms with E-state index in [1.807, 2.05) is 25.1 Å². The number of anilines is 1. The fraction of sp³-hybridized carbons (Fsp3) is 0.0833. The number of nitrogens with one attached hydrogen (secondary N) is 1. The van der Waals surface area contributed by atoms with Crippen LogP contribution >= 0.6 is 23.2 Å². The molecule has 1 N–H and O–H groups in total. The van der Waals surface area contributed by atoms with Crippen LogP contribution in [-0.4, -0.2) is 5.91 Å². The molecule has 0 heterocycles. The summed E-state index contributed by atoms with van der Waals surface area (Å²) in [6.45, 7) is 2.01. The van der Waals surface area contributed by atoms with Gasteiger partial charge in [0, 0.05) is 5.69 Å². The molecule has 0 fully saturated rings. The van der Waals surface area contributed by atoms with Crippen molar-refractivity contribution in [3.63, 3.8) is 0 Å². The third-order valence-corrected chi connectivity index (χ3v) is 4.95. The molecule has 0 saturated heterocycles. The number of halogens is 3. The van der Waals surface area contributed by atoms with Crippen molar-refractivity contribution in [2.75, 3.05) is 5.32 Å². The minimum atomic E-state index is -0.541. The Labute approximate surface area is 189 Å². The zero-order valence-electron chi connectivity index (χ0n) is 16.5. The lowest BCUT2D eigenvalue weighted by Gasteiger charge is -2.11. The molecule has 0 aliphatic rings. The van der Waals surface area contributed by atoms with Gasteiger partial charge in [0.25, 0.3) is 5.91 Å². The first-order valence-electron chi connectivity index (χ1n) is 9.22. The number of amides is 1. The Morgan fingerprint density at radius 1 is 1.13 bits per heavy atom. The van der Waals surface area contributed by atoms with E-state index in [9.17, 15) is 14.4 Å². The SMILES string of the molecule is Cc1ccccc1NC(=O)/C(C#N)=C\c1cc(Cl)c(OCc2ccc(F)cc2)c(Cl)c1. The molecule has 3 aromatic rings. The highest BCUT2D eigenvalue weighted by Gasteiger charge is 2.14. The van der Waals surface area contributed by atoms with Crippen molar-refractivity contribution < 1.29 is 13.9 Å². The lowest BCUT2D eigenvalue weighted by atomic mass is 10.1. The topological polar surface area (TPSA) is 62.1 Å². The van der Waals surface area contributed by atoms with Gasteiger partial charge >= 0.3 is 0 Å². The normalized spacial score (nSPS) is 11.0. The van der Waals surface area contributed by atoms with Gasteiger partial charge < -0.3 is 10.1 Å². The van der Waals surface area contributed by atoms with Crippen LogP contribution in [0.1, 0.15) is 16.7 Å². The number of carbonyl (C=O) groups excluding carboxylic acids is 1. The molecule has 31 heavy (non-hydrogen) atoms. The fourth-order valence-electron chi connectivity index (χ4n) is 2.75.